The second-order valence-corrected chi connectivity index (χ2v) is 11.8. The molecule has 1 radical (unpaired) electrons. The fraction of sp³-hybridized carbons (Fsp3) is 0.481. The van der Waals surface area contributed by atoms with E-state index in [4.69, 9.17) is 0 Å². The van der Waals surface area contributed by atoms with Crippen LogP contribution in [0.15, 0.2) is 35.2 Å². The lowest BCUT2D eigenvalue weighted by molar-refractivity contribution is -0.386. The zero-order valence-corrected chi connectivity index (χ0v) is 23.5. The Morgan fingerprint density at radius 2 is 1.58 bits per heavy atom. The summed E-state index contributed by atoms with van der Waals surface area (Å²) < 4.78 is 34.1. The van der Waals surface area contributed by atoms with Gasteiger partial charge in [-0.2, -0.15) is 4.72 Å². The predicted molar refractivity (Wildman–Crippen MR) is 142 cm³/mol. The number of nitrogens with zero attached hydrogens (tertiary/aromatic N) is 1. The van der Waals surface area contributed by atoms with Crippen LogP contribution in [-0.4, -0.2) is 36.9 Å². The highest BCUT2D eigenvalue weighted by molar-refractivity contribution is 7.89. The van der Waals surface area contributed by atoms with E-state index in [-0.39, 0.29) is 45.9 Å². The second-order valence-electron chi connectivity index (χ2n) is 10.2. The number of carbonyl (C=O) groups excluding carboxylic acids is 1. The predicted octanol–water partition coefficient (Wildman–Crippen LogP) is 5.08. The molecule has 0 heterocycles. The van der Waals surface area contributed by atoms with E-state index in [9.17, 15) is 33.2 Å². The van der Waals surface area contributed by atoms with Crippen LogP contribution in [0.4, 0.5) is 5.69 Å². The molecule has 0 aliphatic heterocycles. The molecular formula is C27H35N2O8S. The molecule has 0 aromatic heterocycles. The van der Waals surface area contributed by atoms with Gasteiger partial charge in [-0.15, -0.1) is 0 Å². The molecule has 0 aliphatic carbocycles. The highest BCUT2D eigenvalue weighted by Crippen LogP contribution is 2.37. The number of nitro benzene ring substituents is 1. The summed E-state index contributed by atoms with van der Waals surface area (Å²) in [7, 11) is -4.28. The Kier molecular flexibility index (Phi) is 10.2. The summed E-state index contributed by atoms with van der Waals surface area (Å²) in [6.45, 7) is 14.5. The van der Waals surface area contributed by atoms with E-state index in [0.717, 1.165) is 17.2 Å². The monoisotopic (exact) mass is 547 g/mol. The van der Waals surface area contributed by atoms with Gasteiger partial charge in [-0.3, -0.25) is 14.9 Å². The summed E-state index contributed by atoms with van der Waals surface area (Å²) >= 11 is 0. The minimum atomic E-state index is -4.28. The molecule has 2 N–H and O–H groups in total. The zero-order chi connectivity index (χ0) is 28.9. The number of carboxylic acid groups (broad SMARTS) is 1. The smallest absolute Gasteiger partial charge is 0.418 e. The molecule has 1 unspecified atom stereocenters. The number of hydrogen-bond donors (Lipinski definition) is 2. The lowest BCUT2D eigenvalue weighted by Gasteiger charge is -2.26. The van der Waals surface area contributed by atoms with Gasteiger partial charge >= 0.3 is 12.4 Å². The number of nitro groups is 1. The number of ether oxygens (including phenoxy) is 1. The molecule has 2 aromatic carbocycles. The number of carbonyl (C=O) groups is 1. The first-order valence-corrected chi connectivity index (χ1v) is 13.8. The SMILES string of the molecule is CC(C)c1ccc(S(=O)(=O)N[C@@H](Cc2ccc(C(C)O[C]=O)c([N+](=O)[O-])c2)C(=O)O)c(C(C)C)c1C(C)C. The zero-order valence-electron chi connectivity index (χ0n) is 22.6. The summed E-state index contributed by atoms with van der Waals surface area (Å²) in [4.78, 5) is 33.6. The van der Waals surface area contributed by atoms with Gasteiger partial charge in [0, 0.05) is 6.07 Å². The molecule has 2 atom stereocenters. The molecule has 10 nitrogen and oxygen atoms in total. The first kappa shape index (κ1) is 30.9. The van der Waals surface area contributed by atoms with Gasteiger partial charge in [0.15, 0.2) is 0 Å². The van der Waals surface area contributed by atoms with Crippen molar-refractivity contribution in [1.29, 1.82) is 0 Å². The number of aliphatic carboxylic acids is 1. The number of carboxylic acids is 1. The van der Waals surface area contributed by atoms with Crippen LogP contribution >= 0.6 is 0 Å². The largest absolute Gasteiger partial charge is 0.480 e. The maximum absolute atomic E-state index is 13.6. The van der Waals surface area contributed by atoms with Crippen LogP contribution in [0.25, 0.3) is 0 Å². The minimum absolute atomic E-state index is 0.0178. The van der Waals surface area contributed by atoms with Crippen molar-refractivity contribution >= 4 is 28.2 Å². The van der Waals surface area contributed by atoms with Gasteiger partial charge in [0.2, 0.25) is 10.0 Å². The van der Waals surface area contributed by atoms with E-state index < -0.39 is 33.1 Å². The van der Waals surface area contributed by atoms with Gasteiger partial charge in [0.05, 0.1) is 15.4 Å². The van der Waals surface area contributed by atoms with E-state index in [2.05, 4.69) is 9.46 Å². The normalized spacial score (nSPS) is 13.5. The Morgan fingerprint density at radius 3 is 2.05 bits per heavy atom. The van der Waals surface area contributed by atoms with E-state index in [1.807, 2.05) is 41.5 Å². The van der Waals surface area contributed by atoms with Crippen molar-refractivity contribution in [2.75, 3.05) is 0 Å². The van der Waals surface area contributed by atoms with Crippen molar-refractivity contribution in [3.05, 3.63) is 68.3 Å². The molecule has 0 aliphatic rings. The molecule has 207 valence electrons. The van der Waals surface area contributed by atoms with Crippen LogP contribution in [0.2, 0.25) is 0 Å². The molecular weight excluding hydrogens is 512 g/mol. The third kappa shape index (κ3) is 6.96. The molecule has 11 heteroatoms. The second kappa shape index (κ2) is 12.5. The van der Waals surface area contributed by atoms with Gasteiger partial charge in [-0.05, 0) is 65.5 Å². The van der Waals surface area contributed by atoms with E-state index in [1.165, 1.54) is 31.6 Å². The van der Waals surface area contributed by atoms with Gasteiger partial charge < -0.3 is 9.84 Å². The van der Waals surface area contributed by atoms with Gasteiger partial charge in [0.1, 0.15) is 12.1 Å². The van der Waals surface area contributed by atoms with Crippen molar-refractivity contribution in [2.24, 2.45) is 0 Å². The molecule has 38 heavy (non-hydrogen) atoms. The molecule has 0 spiro atoms. The average Bonchev–Trinajstić information content (AvgIpc) is 2.82. The van der Waals surface area contributed by atoms with Crippen molar-refractivity contribution < 1.29 is 32.8 Å². The van der Waals surface area contributed by atoms with Crippen LogP contribution in [0.5, 0.6) is 0 Å². The summed E-state index contributed by atoms with van der Waals surface area (Å²) in [5, 5.41) is 21.5. The molecule has 0 bridgehead atoms. The Balaban J connectivity index is 2.54. The molecule has 0 saturated heterocycles. The van der Waals surface area contributed by atoms with E-state index >= 15 is 0 Å². The molecule has 2 rings (SSSR count). The highest BCUT2D eigenvalue weighted by Gasteiger charge is 2.31. The van der Waals surface area contributed by atoms with Gasteiger partial charge in [-0.25, -0.2) is 13.2 Å². The fourth-order valence-electron chi connectivity index (χ4n) is 4.63. The summed E-state index contributed by atoms with van der Waals surface area (Å²) in [5.41, 5.74) is 2.55. The first-order chi connectivity index (χ1) is 17.6. The Bertz CT molecular complexity index is 1300. The average molecular weight is 548 g/mol. The Labute approximate surface area is 223 Å². The Morgan fingerprint density at radius 1 is 1.00 bits per heavy atom. The molecule has 2 aromatic rings. The third-order valence-electron chi connectivity index (χ3n) is 6.34. The quantitative estimate of drug-likeness (QED) is 0.260. The number of benzene rings is 2. The van der Waals surface area contributed by atoms with Crippen LogP contribution in [0.3, 0.4) is 0 Å². The lowest BCUT2D eigenvalue weighted by atomic mass is 9.83. The number of hydrogen-bond acceptors (Lipinski definition) is 7. The minimum Gasteiger partial charge on any atom is -0.480 e. The number of sulfonamides is 1. The van der Waals surface area contributed by atoms with E-state index in [1.54, 1.807) is 6.07 Å². The van der Waals surface area contributed by atoms with Crippen molar-refractivity contribution in [3.63, 3.8) is 0 Å². The Hall–Kier alpha value is -3.31. The van der Waals surface area contributed by atoms with Gasteiger partial charge in [0.25, 0.3) is 5.69 Å². The molecule has 0 amide bonds. The maximum atomic E-state index is 13.6. The van der Waals surface area contributed by atoms with Crippen molar-refractivity contribution in [1.82, 2.24) is 4.72 Å². The van der Waals surface area contributed by atoms with Crippen LogP contribution in [-0.2, 0) is 30.8 Å². The van der Waals surface area contributed by atoms with Crippen LogP contribution < -0.4 is 4.72 Å². The summed E-state index contributed by atoms with van der Waals surface area (Å²) in [6, 6.07) is 5.64. The standard InChI is InChI=1S/C27H35N2O8S/c1-15(2)20-10-11-24(26(17(5)6)25(20)16(3)4)38(35,36)28-22(27(31)32)12-19-8-9-21(18(7)37-14-30)23(13-19)29(33)34/h8-11,13,15-18,22,28H,12H2,1-7H3,(H,31,32)/t18?,22-/m0/s1. The lowest BCUT2D eigenvalue weighted by Crippen LogP contribution is -2.42. The van der Waals surface area contributed by atoms with E-state index in [0.29, 0.717) is 5.56 Å². The highest BCUT2D eigenvalue weighted by atomic mass is 32.2. The van der Waals surface area contributed by atoms with Gasteiger partial charge in [-0.1, -0.05) is 53.7 Å². The van der Waals surface area contributed by atoms with Crippen LogP contribution in [0.1, 0.15) is 100 Å². The van der Waals surface area contributed by atoms with Crippen LogP contribution in [0, 0.1) is 10.1 Å². The first-order valence-electron chi connectivity index (χ1n) is 12.3. The summed E-state index contributed by atoms with van der Waals surface area (Å²) in [5.74, 6) is -1.37. The summed E-state index contributed by atoms with van der Waals surface area (Å²) in [6.07, 6.45) is -1.29. The topological polar surface area (TPSA) is 153 Å². The number of rotatable bonds is 13. The molecule has 0 fully saturated rings. The maximum Gasteiger partial charge on any atom is 0.418 e. The van der Waals surface area contributed by atoms with Crippen molar-refractivity contribution in [2.45, 2.75) is 89.7 Å². The molecule has 0 saturated carbocycles. The number of nitrogens with one attached hydrogen (secondary N) is 1. The fourth-order valence-corrected chi connectivity index (χ4v) is 6.20. The third-order valence-corrected chi connectivity index (χ3v) is 7.87. The van der Waals surface area contributed by atoms with Crippen molar-refractivity contribution in [3.8, 4) is 0 Å².